The number of sulfonamides is 1. The maximum atomic E-state index is 15.0. The van der Waals surface area contributed by atoms with E-state index in [2.05, 4.69) is 5.32 Å². The van der Waals surface area contributed by atoms with Gasteiger partial charge in [0, 0.05) is 25.1 Å². The molecule has 0 radical (unpaired) electrons. The van der Waals surface area contributed by atoms with Gasteiger partial charge in [0.15, 0.2) is 0 Å². The number of nitrogens with zero attached hydrogens (tertiary/aromatic N) is 2. The fourth-order valence-electron chi connectivity index (χ4n) is 4.87. The Morgan fingerprint density at radius 2 is 1.49 bits per heavy atom. The lowest BCUT2D eigenvalue weighted by Crippen LogP contribution is -2.53. The predicted molar refractivity (Wildman–Crippen MR) is 173 cm³/mol. The van der Waals surface area contributed by atoms with Crippen LogP contribution in [0.3, 0.4) is 0 Å². The second-order valence-corrected chi connectivity index (χ2v) is 12.3. The SMILES string of the molecule is CCCCNC(=O)[C@H](Cc1ccccc1)N(Cc1ccccc1F)C(=O)CN(c1ccc(OC)cc1)S(=O)(=O)c1ccccc1. The van der Waals surface area contributed by atoms with E-state index >= 15 is 4.39 Å². The van der Waals surface area contributed by atoms with E-state index in [0.717, 1.165) is 22.7 Å². The third-order valence-electron chi connectivity index (χ3n) is 7.37. The molecule has 0 aliphatic carbocycles. The van der Waals surface area contributed by atoms with E-state index in [0.29, 0.717) is 12.3 Å². The zero-order valence-electron chi connectivity index (χ0n) is 25.4. The van der Waals surface area contributed by atoms with Crippen molar-refractivity contribution in [1.29, 1.82) is 0 Å². The van der Waals surface area contributed by atoms with Gasteiger partial charge < -0.3 is 15.0 Å². The summed E-state index contributed by atoms with van der Waals surface area (Å²) in [6.07, 6.45) is 1.74. The Balaban J connectivity index is 1.79. The smallest absolute Gasteiger partial charge is 0.264 e. The van der Waals surface area contributed by atoms with E-state index in [9.17, 15) is 18.0 Å². The molecular formula is C35H38FN3O5S. The maximum absolute atomic E-state index is 15.0. The number of rotatable bonds is 15. The minimum atomic E-state index is -4.24. The molecule has 2 amide bonds. The van der Waals surface area contributed by atoms with Crippen LogP contribution < -0.4 is 14.4 Å². The molecule has 0 aliphatic heterocycles. The Bertz CT molecular complexity index is 1650. The first-order valence-electron chi connectivity index (χ1n) is 14.8. The summed E-state index contributed by atoms with van der Waals surface area (Å²) < 4.78 is 49.3. The van der Waals surface area contributed by atoms with Crippen LogP contribution in [0, 0.1) is 5.82 Å². The summed E-state index contributed by atoms with van der Waals surface area (Å²) in [6, 6.07) is 28.3. The van der Waals surface area contributed by atoms with E-state index in [-0.39, 0.29) is 29.1 Å². The predicted octanol–water partition coefficient (Wildman–Crippen LogP) is 5.59. The van der Waals surface area contributed by atoms with Crippen molar-refractivity contribution in [2.75, 3.05) is 24.5 Å². The van der Waals surface area contributed by atoms with Gasteiger partial charge in [0.1, 0.15) is 24.2 Å². The van der Waals surface area contributed by atoms with Crippen LogP contribution in [0.2, 0.25) is 0 Å². The summed E-state index contributed by atoms with van der Waals surface area (Å²) in [7, 11) is -2.74. The number of unbranched alkanes of at least 4 members (excludes halogenated alkanes) is 1. The molecule has 0 heterocycles. The molecule has 0 aliphatic rings. The molecule has 0 unspecified atom stereocenters. The highest BCUT2D eigenvalue weighted by atomic mass is 32.2. The van der Waals surface area contributed by atoms with Crippen molar-refractivity contribution in [2.24, 2.45) is 0 Å². The highest BCUT2D eigenvalue weighted by Crippen LogP contribution is 2.27. The number of anilines is 1. The maximum Gasteiger partial charge on any atom is 0.264 e. The van der Waals surface area contributed by atoms with E-state index in [1.54, 1.807) is 60.7 Å². The van der Waals surface area contributed by atoms with Crippen molar-refractivity contribution in [3.05, 3.63) is 126 Å². The molecule has 0 saturated carbocycles. The van der Waals surface area contributed by atoms with Crippen molar-refractivity contribution >= 4 is 27.5 Å². The number of hydrogen-bond donors (Lipinski definition) is 1. The molecule has 4 aromatic rings. The van der Waals surface area contributed by atoms with E-state index in [4.69, 9.17) is 4.74 Å². The largest absolute Gasteiger partial charge is 0.497 e. The number of amides is 2. The molecule has 0 fully saturated rings. The molecular weight excluding hydrogens is 593 g/mol. The van der Waals surface area contributed by atoms with Crippen LogP contribution in [0.25, 0.3) is 0 Å². The van der Waals surface area contributed by atoms with Crippen LogP contribution in [-0.4, -0.2) is 51.4 Å². The van der Waals surface area contributed by atoms with Gasteiger partial charge in [-0.25, -0.2) is 12.8 Å². The van der Waals surface area contributed by atoms with E-state index < -0.39 is 40.2 Å². The lowest BCUT2D eigenvalue weighted by Gasteiger charge is -2.34. The van der Waals surface area contributed by atoms with Gasteiger partial charge in [0.2, 0.25) is 11.8 Å². The number of ether oxygens (including phenoxy) is 1. The van der Waals surface area contributed by atoms with Crippen LogP contribution in [0.15, 0.2) is 114 Å². The average Bonchev–Trinajstić information content (AvgIpc) is 3.07. The topological polar surface area (TPSA) is 96.0 Å². The van der Waals surface area contributed by atoms with Gasteiger partial charge in [-0.1, -0.05) is 80.1 Å². The van der Waals surface area contributed by atoms with Gasteiger partial charge in [-0.05, 0) is 54.4 Å². The van der Waals surface area contributed by atoms with Crippen molar-refractivity contribution < 1.29 is 27.1 Å². The number of carbonyl (C=O) groups is 2. The van der Waals surface area contributed by atoms with Crippen molar-refractivity contribution in [1.82, 2.24) is 10.2 Å². The van der Waals surface area contributed by atoms with E-state index in [1.165, 1.54) is 30.2 Å². The van der Waals surface area contributed by atoms with Crippen LogP contribution in [0.4, 0.5) is 10.1 Å². The number of methoxy groups -OCH3 is 1. The minimum absolute atomic E-state index is 0.00702. The van der Waals surface area contributed by atoms with Gasteiger partial charge in [0.25, 0.3) is 10.0 Å². The third kappa shape index (κ3) is 8.69. The molecule has 1 N–H and O–H groups in total. The van der Waals surface area contributed by atoms with Gasteiger partial charge in [-0.2, -0.15) is 0 Å². The normalized spacial score (nSPS) is 11.8. The first kappa shape index (κ1) is 33.2. The van der Waals surface area contributed by atoms with Crippen LogP contribution in [0.1, 0.15) is 30.9 Å². The number of benzene rings is 4. The first-order valence-corrected chi connectivity index (χ1v) is 16.2. The third-order valence-corrected chi connectivity index (χ3v) is 9.16. The Kier molecular flexibility index (Phi) is 11.7. The summed E-state index contributed by atoms with van der Waals surface area (Å²) >= 11 is 0. The highest BCUT2D eigenvalue weighted by molar-refractivity contribution is 7.92. The standard InChI is InChI=1S/C35H38FN3O5S/c1-3-4-23-37-35(41)33(24-27-13-7-5-8-14-27)38(25-28-15-11-12-18-32(28)36)34(40)26-39(29-19-21-30(44-2)22-20-29)45(42,43)31-16-9-6-10-17-31/h5-22,33H,3-4,23-26H2,1-2H3,(H,37,41)/t33-/m0/s1. The molecule has 0 aromatic heterocycles. The lowest BCUT2D eigenvalue weighted by molar-refractivity contribution is -0.140. The van der Waals surface area contributed by atoms with Crippen molar-refractivity contribution in [3.63, 3.8) is 0 Å². The second kappa shape index (κ2) is 15.9. The van der Waals surface area contributed by atoms with Crippen molar-refractivity contribution in [3.8, 4) is 5.75 Å². The molecule has 0 saturated heterocycles. The summed E-state index contributed by atoms with van der Waals surface area (Å²) in [4.78, 5) is 29.4. The fraction of sp³-hybridized carbons (Fsp3) is 0.257. The summed E-state index contributed by atoms with van der Waals surface area (Å²) in [6.45, 7) is 1.53. The molecule has 8 nitrogen and oxygen atoms in total. The molecule has 10 heteroatoms. The van der Waals surface area contributed by atoms with Crippen LogP contribution in [0.5, 0.6) is 5.75 Å². The molecule has 4 rings (SSSR count). The highest BCUT2D eigenvalue weighted by Gasteiger charge is 2.35. The zero-order chi connectivity index (χ0) is 32.2. The van der Waals surface area contributed by atoms with Crippen molar-refractivity contribution in [2.45, 2.75) is 43.7 Å². The number of carbonyl (C=O) groups excluding carboxylic acids is 2. The Labute approximate surface area is 264 Å². The van der Waals surface area contributed by atoms with Gasteiger partial charge in [-0.3, -0.25) is 13.9 Å². The Morgan fingerprint density at radius 1 is 0.867 bits per heavy atom. The first-order chi connectivity index (χ1) is 21.7. The number of halogens is 1. The van der Waals surface area contributed by atoms with E-state index in [1.807, 2.05) is 37.3 Å². The minimum Gasteiger partial charge on any atom is -0.497 e. The molecule has 4 aromatic carbocycles. The molecule has 0 bridgehead atoms. The summed E-state index contributed by atoms with van der Waals surface area (Å²) in [5, 5.41) is 2.92. The molecule has 1 atom stereocenters. The van der Waals surface area contributed by atoms with Gasteiger partial charge in [-0.15, -0.1) is 0 Å². The number of nitrogens with one attached hydrogen (secondary N) is 1. The Morgan fingerprint density at radius 3 is 2.11 bits per heavy atom. The average molecular weight is 632 g/mol. The monoisotopic (exact) mass is 631 g/mol. The summed E-state index contributed by atoms with van der Waals surface area (Å²) in [5.74, 6) is -1.10. The molecule has 45 heavy (non-hydrogen) atoms. The lowest BCUT2D eigenvalue weighted by atomic mass is 10.0. The Hall–Kier alpha value is -4.70. The van der Waals surface area contributed by atoms with Gasteiger partial charge in [0.05, 0.1) is 17.7 Å². The molecule has 236 valence electrons. The zero-order valence-corrected chi connectivity index (χ0v) is 26.3. The van der Waals surface area contributed by atoms with Crippen LogP contribution in [-0.2, 0) is 32.6 Å². The molecule has 0 spiro atoms. The summed E-state index contributed by atoms with van der Waals surface area (Å²) in [5.41, 5.74) is 1.22. The quantitative estimate of drug-likeness (QED) is 0.173. The number of hydrogen-bond acceptors (Lipinski definition) is 5. The van der Waals surface area contributed by atoms with Crippen LogP contribution >= 0.6 is 0 Å². The fourth-order valence-corrected chi connectivity index (χ4v) is 6.30. The van der Waals surface area contributed by atoms with Gasteiger partial charge >= 0.3 is 0 Å². The second-order valence-electron chi connectivity index (χ2n) is 10.5.